The van der Waals surface area contributed by atoms with Crippen molar-refractivity contribution in [1.29, 1.82) is 0 Å². The Morgan fingerprint density at radius 1 is 1.12 bits per heavy atom. The van der Waals surface area contributed by atoms with Gasteiger partial charge in [-0.2, -0.15) is 0 Å². The molecule has 0 unspecified atom stereocenters. The molecule has 2 N–H and O–H groups in total. The highest BCUT2D eigenvalue weighted by molar-refractivity contribution is 5.77. The maximum Gasteiger partial charge on any atom is 0.222 e. The van der Waals surface area contributed by atoms with E-state index in [-0.39, 0.29) is 17.9 Å². The van der Waals surface area contributed by atoms with E-state index in [2.05, 4.69) is 19.1 Å². The molecule has 4 heteroatoms. The summed E-state index contributed by atoms with van der Waals surface area (Å²) in [6.45, 7) is 4.18. The van der Waals surface area contributed by atoms with Crippen molar-refractivity contribution < 1.29 is 9.53 Å². The van der Waals surface area contributed by atoms with Crippen molar-refractivity contribution in [2.75, 3.05) is 19.7 Å². The van der Waals surface area contributed by atoms with E-state index in [9.17, 15) is 4.79 Å². The predicted molar refractivity (Wildman–Crippen MR) is 104 cm³/mol. The first-order valence-electron chi connectivity index (χ1n) is 9.47. The first-order valence-corrected chi connectivity index (χ1v) is 9.47. The van der Waals surface area contributed by atoms with E-state index in [1.54, 1.807) is 0 Å². The fourth-order valence-electron chi connectivity index (χ4n) is 3.47. The molecular weight excluding hydrogens is 324 g/mol. The van der Waals surface area contributed by atoms with Crippen molar-refractivity contribution in [3.05, 3.63) is 65.7 Å². The van der Waals surface area contributed by atoms with Gasteiger partial charge >= 0.3 is 0 Å². The Morgan fingerprint density at radius 2 is 1.85 bits per heavy atom. The largest absolute Gasteiger partial charge is 0.494 e. The minimum Gasteiger partial charge on any atom is -0.494 e. The smallest absolute Gasteiger partial charge is 0.222 e. The summed E-state index contributed by atoms with van der Waals surface area (Å²) in [6, 6.07) is 18.3. The first kappa shape index (κ1) is 18.5. The maximum absolute atomic E-state index is 12.6. The number of nitrogens with two attached hydrogens (primary N) is 1. The Bertz CT molecular complexity index is 700. The van der Waals surface area contributed by atoms with Gasteiger partial charge < -0.3 is 15.4 Å². The number of carbonyl (C=O) groups is 1. The summed E-state index contributed by atoms with van der Waals surface area (Å²) in [5, 5.41) is 0. The SMILES string of the molecule is CCCOc1ccc(CCC(=O)N2C[C@@H](N)[C@H](c3ccccc3)C2)cc1. The molecule has 1 fully saturated rings. The van der Waals surface area contributed by atoms with Crippen molar-refractivity contribution in [1.82, 2.24) is 4.90 Å². The van der Waals surface area contributed by atoms with Crippen LogP contribution in [0.2, 0.25) is 0 Å². The number of hydrogen-bond acceptors (Lipinski definition) is 3. The van der Waals surface area contributed by atoms with Crippen LogP contribution in [-0.4, -0.2) is 36.5 Å². The maximum atomic E-state index is 12.6. The first-order chi connectivity index (χ1) is 12.7. The molecule has 138 valence electrons. The lowest BCUT2D eigenvalue weighted by Gasteiger charge is -2.16. The van der Waals surface area contributed by atoms with Crippen LogP contribution in [-0.2, 0) is 11.2 Å². The Labute approximate surface area is 156 Å². The lowest BCUT2D eigenvalue weighted by molar-refractivity contribution is -0.130. The lowest BCUT2D eigenvalue weighted by Crippen LogP contribution is -2.32. The third kappa shape index (κ3) is 4.64. The molecule has 0 saturated carbocycles. The number of likely N-dealkylation sites (tertiary alicyclic amines) is 1. The topological polar surface area (TPSA) is 55.6 Å². The van der Waals surface area contributed by atoms with E-state index in [0.29, 0.717) is 19.5 Å². The Hall–Kier alpha value is -2.33. The summed E-state index contributed by atoms with van der Waals surface area (Å²) in [5.74, 6) is 1.30. The van der Waals surface area contributed by atoms with Crippen molar-refractivity contribution in [2.24, 2.45) is 5.73 Å². The van der Waals surface area contributed by atoms with E-state index in [1.807, 2.05) is 47.4 Å². The number of ether oxygens (including phenoxy) is 1. The number of amides is 1. The zero-order valence-corrected chi connectivity index (χ0v) is 15.4. The molecular formula is C22H28N2O2. The number of carbonyl (C=O) groups excluding carboxylic acids is 1. The average molecular weight is 352 g/mol. The van der Waals surface area contributed by atoms with Crippen LogP contribution in [0.15, 0.2) is 54.6 Å². The van der Waals surface area contributed by atoms with Gasteiger partial charge in [0.2, 0.25) is 5.91 Å². The number of aryl methyl sites for hydroxylation is 1. The quantitative estimate of drug-likeness (QED) is 0.831. The van der Waals surface area contributed by atoms with Crippen LogP contribution in [0.1, 0.15) is 36.8 Å². The molecule has 1 aliphatic rings. The second-order valence-corrected chi connectivity index (χ2v) is 6.97. The van der Waals surface area contributed by atoms with Gasteiger partial charge in [0.05, 0.1) is 6.61 Å². The molecule has 0 radical (unpaired) electrons. The number of benzene rings is 2. The molecule has 3 rings (SSSR count). The van der Waals surface area contributed by atoms with Gasteiger partial charge in [0.25, 0.3) is 0 Å². The molecule has 0 aliphatic carbocycles. The van der Waals surface area contributed by atoms with Gasteiger partial charge in [-0.3, -0.25) is 4.79 Å². The van der Waals surface area contributed by atoms with Crippen LogP contribution in [0.4, 0.5) is 0 Å². The highest BCUT2D eigenvalue weighted by Gasteiger charge is 2.33. The van der Waals surface area contributed by atoms with Gasteiger partial charge in [-0.15, -0.1) is 0 Å². The Kier molecular flexibility index (Phi) is 6.29. The molecule has 0 bridgehead atoms. The molecule has 1 amide bonds. The van der Waals surface area contributed by atoms with Crippen LogP contribution in [0.5, 0.6) is 5.75 Å². The van der Waals surface area contributed by atoms with Crippen LogP contribution in [0.3, 0.4) is 0 Å². The Morgan fingerprint density at radius 3 is 2.54 bits per heavy atom. The van der Waals surface area contributed by atoms with Crippen LogP contribution in [0.25, 0.3) is 0 Å². The molecule has 26 heavy (non-hydrogen) atoms. The van der Waals surface area contributed by atoms with Crippen molar-refractivity contribution in [2.45, 2.75) is 38.1 Å². The van der Waals surface area contributed by atoms with Crippen LogP contribution >= 0.6 is 0 Å². The molecule has 0 spiro atoms. The monoisotopic (exact) mass is 352 g/mol. The van der Waals surface area contributed by atoms with E-state index >= 15 is 0 Å². The fourth-order valence-corrected chi connectivity index (χ4v) is 3.47. The molecule has 4 nitrogen and oxygen atoms in total. The fraction of sp³-hybridized carbons (Fsp3) is 0.409. The van der Waals surface area contributed by atoms with E-state index in [4.69, 9.17) is 10.5 Å². The van der Waals surface area contributed by atoms with Crippen molar-refractivity contribution in [3.8, 4) is 5.75 Å². The lowest BCUT2D eigenvalue weighted by atomic mass is 9.95. The molecule has 0 aromatic heterocycles. The molecule has 2 aromatic rings. The zero-order chi connectivity index (χ0) is 18.4. The molecule has 1 saturated heterocycles. The van der Waals surface area contributed by atoms with Gasteiger partial charge in [-0.25, -0.2) is 0 Å². The molecule has 2 aromatic carbocycles. The van der Waals surface area contributed by atoms with Crippen molar-refractivity contribution in [3.63, 3.8) is 0 Å². The average Bonchev–Trinajstić information content (AvgIpc) is 3.08. The highest BCUT2D eigenvalue weighted by atomic mass is 16.5. The number of nitrogens with zero attached hydrogens (tertiary/aromatic N) is 1. The minimum atomic E-state index is 0.0105. The summed E-state index contributed by atoms with van der Waals surface area (Å²) in [6.07, 6.45) is 2.26. The van der Waals surface area contributed by atoms with Crippen molar-refractivity contribution >= 4 is 5.91 Å². The summed E-state index contributed by atoms with van der Waals surface area (Å²) in [5.41, 5.74) is 8.67. The molecule has 1 aliphatic heterocycles. The third-order valence-electron chi connectivity index (χ3n) is 4.97. The predicted octanol–water partition coefficient (Wildman–Crippen LogP) is 3.36. The third-order valence-corrected chi connectivity index (χ3v) is 4.97. The second-order valence-electron chi connectivity index (χ2n) is 6.97. The van der Waals surface area contributed by atoms with E-state index in [0.717, 1.165) is 30.8 Å². The van der Waals surface area contributed by atoms with Gasteiger partial charge in [0.15, 0.2) is 0 Å². The second kappa shape index (κ2) is 8.86. The van der Waals surface area contributed by atoms with E-state index < -0.39 is 0 Å². The number of rotatable bonds is 7. The highest BCUT2D eigenvalue weighted by Crippen LogP contribution is 2.27. The summed E-state index contributed by atoms with van der Waals surface area (Å²) in [7, 11) is 0. The van der Waals surface area contributed by atoms with E-state index in [1.165, 1.54) is 5.56 Å². The summed E-state index contributed by atoms with van der Waals surface area (Å²) in [4.78, 5) is 14.5. The zero-order valence-electron chi connectivity index (χ0n) is 15.4. The summed E-state index contributed by atoms with van der Waals surface area (Å²) >= 11 is 0. The standard InChI is InChI=1S/C22H28N2O2/c1-2-14-26-19-11-8-17(9-12-19)10-13-22(25)24-15-20(21(23)16-24)18-6-4-3-5-7-18/h3-9,11-12,20-21H,2,10,13-16,23H2,1H3/t20-,21+/m0/s1. The summed E-state index contributed by atoms with van der Waals surface area (Å²) < 4.78 is 5.59. The van der Waals surface area contributed by atoms with Gasteiger partial charge in [-0.1, -0.05) is 49.4 Å². The van der Waals surface area contributed by atoms with Crippen LogP contribution < -0.4 is 10.5 Å². The Balaban J connectivity index is 1.51. The molecule has 1 heterocycles. The molecule has 2 atom stereocenters. The normalized spacial score (nSPS) is 19.5. The minimum absolute atomic E-state index is 0.0105. The van der Waals surface area contributed by atoms with Gasteiger partial charge in [0, 0.05) is 31.5 Å². The van der Waals surface area contributed by atoms with Crippen LogP contribution in [0, 0.1) is 0 Å². The van der Waals surface area contributed by atoms with Gasteiger partial charge in [-0.05, 0) is 36.1 Å². The van der Waals surface area contributed by atoms with Gasteiger partial charge in [0.1, 0.15) is 5.75 Å². The number of hydrogen-bond donors (Lipinski definition) is 1.